The highest BCUT2D eigenvalue weighted by Gasteiger charge is 2.22. The van der Waals surface area contributed by atoms with Gasteiger partial charge in [0.25, 0.3) is 0 Å². The Labute approximate surface area is 228 Å². The third-order valence-corrected chi connectivity index (χ3v) is 7.30. The van der Waals surface area contributed by atoms with Crippen LogP contribution in [0.5, 0.6) is 5.75 Å². The summed E-state index contributed by atoms with van der Waals surface area (Å²) in [6.07, 6.45) is 11.1. The van der Waals surface area contributed by atoms with Gasteiger partial charge in [-0.25, -0.2) is 9.18 Å². The number of nitrogens with zero attached hydrogens (tertiary/aromatic N) is 2. The topological polar surface area (TPSA) is 59.5 Å². The molecule has 2 aromatic carbocycles. The number of imidazole rings is 1. The van der Waals surface area contributed by atoms with Crippen LogP contribution in [0.4, 0.5) is 4.39 Å². The number of morpholine rings is 1. The summed E-state index contributed by atoms with van der Waals surface area (Å²) in [6, 6.07) is 10.8. The van der Waals surface area contributed by atoms with E-state index in [0.717, 1.165) is 78.1 Å². The summed E-state index contributed by atoms with van der Waals surface area (Å²) in [7, 11) is 0. The summed E-state index contributed by atoms with van der Waals surface area (Å²) in [4.78, 5) is 18.4. The van der Waals surface area contributed by atoms with Gasteiger partial charge in [0.1, 0.15) is 18.2 Å². The monoisotopic (exact) mass is 529 g/mol. The van der Waals surface area contributed by atoms with Crippen molar-refractivity contribution in [3.63, 3.8) is 0 Å². The normalized spacial score (nSPS) is 19.0. The number of rotatable bonds is 4. The van der Waals surface area contributed by atoms with Gasteiger partial charge in [-0.05, 0) is 66.0 Å². The molecule has 1 unspecified atom stereocenters. The lowest BCUT2D eigenvalue weighted by molar-refractivity contribution is 0.0326. The third kappa shape index (κ3) is 5.70. The molecule has 0 radical (unpaired) electrons. The van der Waals surface area contributed by atoms with E-state index in [4.69, 9.17) is 9.47 Å². The first-order valence-electron chi connectivity index (χ1n) is 13.8. The SMILES string of the molecule is CC.CC(CN1CCOCC1)n1c(=O)[nH]c2cc(/C=C3\C4=C(CC=CC=C4)COc4cc(F)ccc43)ccc21. The molecular formula is C32H36FN3O3. The third-order valence-electron chi connectivity index (χ3n) is 7.30. The molecule has 1 aromatic heterocycles. The first-order chi connectivity index (χ1) is 19.1. The largest absolute Gasteiger partial charge is 0.488 e. The van der Waals surface area contributed by atoms with Crippen molar-refractivity contribution in [2.75, 3.05) is 39.5 Å². The number of hydrogen-bond donors (Lipinski definition) is 1. The summed E-state index contributed by atoms with van der Waals surface area (Å²) in [5.41, 5.74) is 6.58. The molecule has 7 heteroatoms. The average molecular weight is 530 g/mol. The minimum absolute atomic E-state index is 0.0284. The van der Waals surface area contributed by atoms with Crippen LogP contribution < -0.4 is 10.4 Å². The van der Waals surface area contributed by atoms with E-state index in [1.54, 1.807) is 6.07 Å². The Morgan fingerprint density at radius 1 is 1.10 bits per heavy atom. The molecule has 0 amide bonds. The lowest BCUT2D eigenvalue weighted by Gasteiger charge is -2.29. The van der Waals surface area contributed by atoms with Crippen molar-refractivity contribution in [3.05, 3.63) is 99.3 Å². The molecule has 39 heavy (non-hydrogen) atoms. The van der Waals surface area contributed by atoms with Crippen LogP contribution in [-0.2, 0) is 4.74 Å². The van der Waals surface area contributed by atoms with E-state index >= 15 is 0 Å². The molecule has 1 saturated heterocycles. The Bertz CT molecular complexity index is 1520. The molecule has 1 N–H and O–H groups in total. The van der Waals surface area contributed by atoms with Gasteiger partial charge in [-0.1, -0.05) is 44.2 Å². The van der Waals surface area contributed by atoms with Gasteiger partial charge in [0, 0.05) is 37.3 Å². The van der Waals surface area contributed by atoms with E-state index in [9.17, 15) is 9.18 Å². The molecule has 3 aromatic rings. The first-order valence-corrected chi connectivity index (χ1v) is 13.8. The van der Waals surface area contributed by atoms with E-state index in [1.807, 2.05) is 48.8 Å². The van der Waals surface area contributed by atoms with E-state index in [0.29, 0.717) is 12.4 Å². The van der Waals surface area contributed by atoms with Crippen molar-refractivity contribution in [2.45, 2.75) is 33.2 Å². The summed E-state index contributed by atoms with van der Waals surface area (Å²) in [6.45, 7) is 10.5. The van der Waals surface area contributed by atoms with Gasteiger partial charge in [0.05, 0.1) is 24.2 Å². The fourth-order valence-corrected chi connectivity index (χ4v) is 5.47. The number of halogens is 1. The molecule has 6 nitrogen and oxygen atoms in total. The van der Waals surface area contributed by atoms with Crippen molar-refractivity contribution in [1.82, 2.24) is 14.5 Å². The molecule has 204 valence electrons. The number of aromatic amines is 1. The molecule has 1 aliphatic carbocycles. The lowest BCUT2D eigenvalue weighted by atomic mass is 9.91. The van der Waals surface area contributed by atoms with Crippen LogP contribution in [0.3, 0.4) is 0 Å². The second kappa shape index (κ2) is 12.0. The van der Waals surface area contributed by atoms with Crippen molar-refractivity contribution in [1.29, 1.82) is 0 Å². The van der Waals surface area contributed by atoms with Crippen molar-refractivity contribution in [2.24, 2.45) is 0 Å². The fraction of sp³-hybridized carbons (Fsp3) is 0.344. The van der Waals surface area contributed by atoms with Crippen LogP contribution in [0, 0.1) is 5.82 Å². The maximum Gasteiger partial charge on any atom is 0.326 e. The number of aromatic nitrogens is 2. The lowest BCUT2D eigenvalue weighted by Crippen LogP contribution is -2.40. The molecule has 1 atom stereocenters. The predicted molar refractivity (Wildman–Crippen MR) is 156 cm³/mol. The summed E-state index contributed by atoms with van der Waals surface area (Å²) >= 11 is 0. The summed E-state index contributed by atoms with van der Waals surface area (Å²) < 4.78 is 27.4. The Morgan fingerprint density at radius 3 is 2.74 bits per heavy atom. The highest BCUT2D eigenvalue weighted by molar-refractivity contribution is 5.97. The van der Waals surface area contributed by atoms with Gasteiger partial charge >= 0.3 is 5.69 Å². The molecule has 2 aliphatic heterocycles. The van der Waals surface area contributed by atoms with Gasteiger partial charge in [-0.15, -0.1) is 0 Å². The Morgan fingerprint density at radius 2 is 1.92 bits per heavy atom. The maximum absolute atomic E-state index is 14.1. The van der Waals surface area contributed by atoms with Gasteiger partial charge in [0.15, 0.2) is 0 Å². The number of hydrogen-bond acceptors (Lipinski definition) is 4. The molecule has 3 aliphatic rings. The van der Waals surface area contributed by atoms with E-state index in [2.05, 4.69) is 35.0 Å². The molecule has 1 fully saturated rings. The second-order valence-corrected chi connectivity index (χ2v) is 9.83. The van der Waals surface area contributed by atoms with Crippen LogP contribution in [-0.4, -0.2) is 53.9 Å². The fourth-order valence-electron chi connectivity index (χ4n) is 5.47. The minimum Gasteiger partial charge on any atom is -0.488 e. The van der Waals surface area contributed by atoms with E-state index < -0.39 is 0 Å². The minimum atomic E-state index is -0.322. The maximum atomic E-state index is 14.1. The van der Waals surface area contributed by atoms with Gasteiger partial charge in [-0.3, -0.25) is 9.47 Å². The first kappa shape index (κ1) is 26.9. The Hall–Kier alpha value is -3.68. The smallest absolute Gasteiger partial charge is 0.326 e. The quantitative estimate of drug-likeness (QED) is 0.442. The zero-order valence-corrected chi connectivity index (χ0v) is 22.9. The summed E-state index contributed by atoms with van der Waals surface area (Å²) in [5, 5.41) is 0. The molecule has 0 bridgehead atoms. The van der Waals surface area contributed by atoms with Crippen molar-refractivity contribution >= 4 is 22.7 Å². The van der Waals surface area contributed by atoms with Crippen LogP contribution in [0.15, 0.2) is 76.6 Å². The number of nitrogens with one attached hydrogen (secondary N) is 1. The van der Waals surface area contributed by atoms with Gasteiger partial charge in [0.2, 0.25) is 0 Å². The van der Waals surface area contributed by atoms with E-state index in [-0.39, 0.29) is 17.5 Å². The molecule has 3 heterocycles. The highest BCUT2D eigenvalue weighted by atomic mass is 19.1. The van der Waals surface area contributed by atoms with Crippen LogP contribution in [0.1, 0.15) is 44.4 Å². The second-order valence-electron chi connectivity index (χ2n) is 9.83. The average Bonchev–Trinajstić information content (AvgIpc) is 3.05. The van der Waals surface area contributed by atoms with Crippen LogP contribution in [0.2, 0.25) is 0 Å². The molecular weight excluding hydrogens is 493 g/mol. The zero-order chi connectivity index (χ0) is 27.4. The van der Waals surface area contributed by atoms with Crippen molar-refractivity contribution < 1.29 is 13.9 Å². The van der Waals surface area contributed by atoms with Crippen LogP contribution in [0.25, 0.3) is 22.7 Å². The number of fused-ring (bicyclic) bond motifs is 2. The van der Waals surface area contributed by atoms with Crippen LogP contribution >= 0.6 is 0 Å². The predicted octanol–water partition coefficient (Wildman–Crippen LogP) is 6.13. The zero-order valence-electron chi connectivity index (χ0n) is 22.9. The number of ether oxygens (including phenoxy) is 2. The Balaban J connectivity index is 0.00000151. The molecule has 0 saturated carbocycles. The van der Waals surface area contributed by atoms with E-state index in [1.165, 1.54) is 12.1 Å². The molecule has 6 rings (SSSR count). The van der Waals surface area contributed by atoms with Gasteiger partial charge < -0.3 is 14.5 Å². The summed E-state index contributed by atoms with van der Waals surface area (Å²) in [5.74, 6) is 0.214. The highest BCUT2D eigenvalue weighted by Crippen LogP contribution is 2.39. The van der Waals surface area contributed by atoms with Crippen molar-refractivity contribution in [3.8, 4) is 5.75 Å². The Kier molecular flexibility index (Phi) is 8.29. The molecule has 0 spiro atoms. The standard InChI is InChI=1S/C30H30FN3O3.C2H6/c1-20(18-33-11-13-36-14-12-33)34-28-10-7-21(16-27(28)32-30(34)35)15-26-24-6-4-2-3-5-22(24)19-37-29-17-23(31)8-9-25(26)29;1-2/h2-4,6-10,15-17,20H,5,11-14,18-19H2,1H3,(H,32,35);1-2H3/b26-15+;. The number of allylic oxidation sites excluding steroid dienone is 6. The van der Waals surface area contributed by atoms with Gasteiger partial charge in [-0.2, -0.15) is 0 Å². The number of H-pyrrole nitrogens is 1. The number of benzene rings is 2.